The van der Waals surface area contributed by atoms with E-state index < -0.39 is 0 Å². The van der Waals surface area contributed by atoms with Gasteiger partial charge in [0.05, 0.1) is 33.0 Å². The molecule has 2 rings (SSSR count). The Balaban J connectivity index is 1.76. The van der Waals surface area contributed by atoms with E-state index in [1.165, 1.54) is 0 Å². The molecular formula is C21H28N2O4. The van der Waals surface area contributed by atoms with Crippen molar-refractivity contribution in [1.82, 2.24) is 5.32 Å². The van der Waals surface area contributed by atoms with E-state index in [0.29, 0.717) is 26.4 Å². The molecule has 0 aromatic heterocycles. The molecule has 2 amide bonds. The highest BCUT2D eigenvalue weighted by molar-refractivity contribution is 5.89. The lowest BCUT2D eigenvalue weighted by atomic mass is 10.2. The molecule has 6 heteroatoms. The van der Waals surface area contributed by atoms with E-state index in [-0.39, 0.29) is 12.1 Å². The van der Waals surface area contributed by atoms with Gasteiger partial charge >= 0.3 is 6.03 Å². The monoisotopic (exact) mass is 372 g/mol. The minimum atomic E-state index is -0.263. The fraction of sp³-hybridized carbons (Fsp3) is 0.381. The van der Waals surface area contributed by atoms with Crippen molar-refractivity contribution in [2.75, 3.05) is 25.6 Å². The number of hydrogen-bond acceptors (Lipinski definition) is 4. The second-order valence-corrected chi connectivity index (χ2v) is 6.33. The van der Waals surface area contributed by atoms with Crippen molar-refractivity contribution in [2.24, 2.45) is 0 Å². The Bertz CT molecular complexity index is 719. The highest BCUT2D eigenvalue weighted by atomic mass is 16.5. The molecule has 2 N–H and O–H groups in total. The van der Waals surface area contributed by atoms with Crippen LogP contribution in [0.2, 0.25) is 0 Å². The normalized spacial score (nSPS) is 10.7. The molecule has 0 heterocycles. The van der Waals surface area contributed by atoms with Crippen molar-refractivity contribution in [2.45, 2.75) is 33.1 Å². The second kappa shape index (κ2) is 11.2. The molecule has 6 nitrogen and oxygen atoms in total. The van der Waals surface area contributed by atoms with Crippen LogP contribution in [0.15, 0.2) is 48.5 Å². The van der Waals surface area contributed by atoms with Gasteiger partial charge in [0.2, 0.25) is 0 Å². The standard InChI is InChI=1S/C21H28N2O4/c1-16(2)27-11-10-26-15-18-7-4-8-19(12-18)23-21(24)22-14-17-6-5-9-20(13-17)25-3/h4-9,12-13,16H,10-11,14-15H2,1-3H3,(H2,22,23,24). The molecular weight excluding hydrogens is 344 g/mol. The van der Waals surface area contributed by atoms with Crippen LogP contribution in [-0.2, 0) is 22.6 Å². The third-order valence-corrected chi connectivity index (χ3v) is 3.72. The molecule has 2 aromatic carbocycles. The van der Waals surface area contributed by atoms with Gasteiger partial charge < -0.3 is 24.8 Å². The van der Waals surface area contributed by atoms with Crippen LogP contribution in [0.1, 0.15) is 25.0 Å². The number of anilines is 1. The van der Waals surface area contributed by atoms with Crippen molar-refractivity contribution in [3.05, 3.63) is 59.7 Å². The van der Waals surface area contributed by atoms with Gasteiger partial charge in [0.1, 0.15) is 5.75 Å². The first kappa shape index (κ1) is 20.7. The van der Waals surface area contributed by atoms with Crippen LogP contribution in [0.5, 0.6) is 5.75 Å². The van der Waals surface area contributed by atoms with Gasteiger partial charge in [-0.15, -0.1) is 0 Å². The van der Waals surface area contributed by atoms with Gasteiger partial charge in [0.15, 0.2) is 0 Å². The van der Waals surface area contributed by atoms with E-state index in [1.807, 2.05) is 62.4 Å². The molecule has 0 radical (unpaired) electrons. The van der Waals surface area contributed by atoms with Crippen LogP contribution >= 0.6 is 0 Å². The number of carbonyl (C=O) groups is 1. The minimum absolute atomic E-state index is 0.205. The summed E-state index contributed by atoms with van der Waals surface area (Å²) >= 11 is 0. The Morgan fingerprint density at radius 1 is 1.04 bits per heavy atom. The molecule has 0 aliphatic carbocycles. The highest BCUT2D eigenvalue weighted by Gasteiger charge is 2.04. The van der Waals surface area contributed by atoms with Crippen LogP contribution < -0.4 is 15.4 Å². The average Bonchev–Trinajstić information content (AvgIpc) is 2.66. The zero-order chi connectivity index (χ0) is 19.5. The first-order valence-electron chi connectivity index (χ1n) is 9.03. The number of ether oxygens (including phenoxy) is 3. The number of benzene rings is 2. The Labute approximate surface area is 160 Å². The first-order chi connectivity index (χ1) is 13.1. The predicted octanol–water partition coefficient (Wildman–Crippen LogP) is 3.96. The molecule has 0 saturated heterocycles. The summed E-state index contributed by atoms with van der Waals surface area (Å²) in [7, 11) is 1.62. The number of rotatable bonds is 10. The number of carbonyl (C=O) groups excluding carboxylic acids is 1. The van der Waals surface area contributed by atoms with E-state index in [4.69, 9.17) is 14.2 Å². The summed E-state index contributed by atoms with van der Waals surface area (Å²) in [5.41, 5.74) is 2.68. The van der Waals surface area contributed by atoms with Crippen molar-refractivity contribution in [1.29, 1.82) is 0 Å². The Kier molecular flexibility index (Phi) is 8.61. The van der Waals surface area contributed by atoms with Gasteiger partial charge in [-0.1, -0.05) is 24.3 Å². The smallest absolute Gasteiger partial charge is 0.319 e. The van der Waals surface area contributed by atoms with E-state index in [1.54, 1.807) is 7.11 Å². The molecule has 146 valence electrons. The van der Waals surface area contributed by atoms with Crippen LogP contribution in [0, 0.1) is 0 Å². The quantitative estimate of drug-likeness (QED) is 0.620. The van der Waals surface area contributed by atoms with E-state index in [0.717, 1.165) is 22.6 Å². The zero-order valence-corrected chi connectivity index (χ0v) is 16.2. The lowest BCUT2D eigenvalue weighted by Crippen LogP contribution is -2.28. The third kappa shape index (κ3) is 8.11. The summed E-state index contributed by atoms with van der Waals surface area (Å²) in [5, 5.41) is 5.67. The molecule has 0 saturated carbocycles. The molecule has 0 unspecified atom stereocenters. The Morgan fingerprint density at radius 2 is 1.81 bits per heavy atom. The molecule has 0 aliphatic rings. The van der Waals surface area contributed by atoms with Crippen molar-refractivity contribution < 1.29 is 19.0 Å². The summed E-state index contributed by atoms with van der Waals surface area (Å²) in [6.07, 6.45) is 0.205. The van der Waals surface area contributed by atoms with Crippen molar-refractivity contribution in [3.8, 4) is 5.75 Å². The van der Waals surface area contributed by atoms with Gasteiger partial charge in [0, 0.05) is 12.2 Å². The van der Waals surface area contributed by atoms with Crippen LogP contribution in [0.4, 0.5) is 10.5 Å². The molecule has 0 spiro atoms. The largest absolute Gasteiger partial charge is 0.497 e. The lowest BCUT2D eigenvalue weighted by Gasteiger charge is -2.11. The van der Waals surface area contributed by atoms with E-state index in [2.05, 4.69) is 10.6 Å². The highest BCUT2D eigenvalue weighted by Crippen LogP contribution is 2.13. The summed E-state index contributed by atoms with van der Waals surface area (Å²) < 4.78 is 16.2. The summed E-state index contributed by atoms with van der Waals surface area (Å²) in [5.74, 6) is 0.765. The first-order valence-corrected chi connectivity index (χ1v) is 9.03. The van der Waals surface area contributed by atoms with Gasteiger partial charge in [-0.25, -0.2) is 4.79 Å². The predicted molar refractivity (Wildman–Crippen MR) is 106 cm³/mol. The van der Waals surface area contributed by atoms with Gasteiger partial charge in [-0.3, -0.25) is 0 Å². The molecule has 2 aromatic rings. The van der Waals surface area contributed by atoms with Crippen molar-refractivity contribution in [3.63, 3.8) is 0 Å². The Morgan fingerprint density at radius 3 is 2.59 bits per heavy atom. The van der Waals surface area contributed by atoms with Crippen LogP contribution in [0.25, 0.3) is 0 Å². The second-order valence-electron chi connectivity index (χ2n) is 6.33. The maximum Gasteiger partial charge on any atom is 0.319 e. The van der Waals surface area contributed by atoms with Crippen LogP contribution in [0.3, 0.4) is 0 Å². The number of amides is 2. The minimum Gasteiger partial charge on any atom is -0.497 e. The number of hydrogen-bond donors (Lipinski definition) is 2. The fourth-order valence-corrected chi connectivity index (χ4v) is 2.41. The van der Waals surface area contributed by atoms with Crippen LogP contribution in [-0.4, -0.2) is 32.5 Å². The average molecular weight is 372 g/mol. The summed E-state index contributed by atoms with van der Waals surface area (Å²) in [6.45, 7) is 5.99. The van der Waals surface area contributed by atoms with E-state index >= 15 is 0 Å². The maximum atomic E-state index is 12.1. The van der Waals surface area contributed by atoms with Gasteiger partial charge in [0.25, 0.3) is 0 Å². The maximum absolute atomic E-state index is 12.1. The number of urea groups is 1. The van der Waals surface area contributed by atoms with Gasteiger partial charge in [-0.05, 0) is 49.2 Å². The zero-order valence-electron chi connectivity index (χ0n) is 16.2. The van der Waals surface area contributed by atoms with Crippen molar-refractivity contribution >= 4 is 11.7 Å². The molecule has 0 aliphatic heterocycles. The molecule has 0 atom stereocenters. The summed E-state index contributed by atoms with van der Waals surface area (Å²) in [4.78, 5) is 12.1. The Hall–Kier alpha value is -2.57. The summed E-state index contributed by atoms with van der Waals surface area (Å²) in [6, 6.07) is 14.9. The SMILES string of the molecule is COc1cccc(CNC(=O)Nc2cccc(COCCOC(C)C)c2)c1. The topological polar surface area (TPSA) is 68.8 Å². The number of nitrogens with one attached hydrogen (secondary N) is 2. The molecule has 0 fully saturated rings. The fourth-order valence-electron chi connectivity index (χ4n) is 2.41. The molecule has 27 heavy (non-hydrogen) atoms. The molecule has 0 bridgehead atoms. The van der Waals surface area contributed by atoms with Gasteiger partial charge in [-0.2, -0.15) is 0 Å². The third-order valence-electron chi connectivity index (χ3n) is 3.72. The number of methoxy groups -OCH3 is 1. The van der Waals surface area contributed by atoms with E-state index in [9.17, 15) is 4.79 Å². The lowest BCUT2D eigenvalue weighted by molar-refractivity contribution is 0.0143.